The first-order valence-electron chi connectivity index (χ1n) is 11.8. The van der Waals surface area contributed by atoms with E-state index in [1.54, 1.807) is 0 Å². The number of amides is 1. The second kappa shape index (κ2) is 8.91. The maximum absolute atomic E-state index is 12.9. The van der Waals surface area contributed by atoms with E-state index < -0.39 is 0 Å². The predicted octanol–water partition coefficient (Wildman–Crippen LogP) is 4.79. The van der Waals surface area contributed by atoms with Crippen molar-refractivity contribution in [2.45, 2.75) is 44.8 Å². The maximum Gasteiger partial charge on any atom is 0.410 e. The SMILES string of the molecule is CCCN1CCN(c2ccc3c(c2)C2CC3CCN2C(=O)OCc2ccccc2)CC1. The molecule has 0 saturated carbocycles. The van der Waals surface area contributed by atoms with Crippen molar-refractivity contribution in [2.24, 2.45) is 0 Å². The summed E-state index contributed by atoms with van der Waals surface area (Å²) in [7, 11) is 0. The van der Waals surface area contributed by atoms with Gasteiger partial charge in [-0.3, -0.25) is 4.90 Å². The number of hydrogen-bond acceptors (Lipinski definition) is 4. The topological polar surface area (TPSA) is 36.0 Å². The normalized spacial score (nSPS) is 23.0. The second-order valence-corrected chi connectivity index (χ2v) is 9.11. The Hall–Kier alpha value is -2.53. The van der Waals surface area contributed by atoms with Gasteiger partial charge in [0.2, 0.25) is 0 Å². The third-order valence-electron chi connectivity index (χ3n) is 7.19. The fourth-order valence-electron chi connectivity index (χ4n) is 5.53. The van der Waals surface area contributed by atoms with Gasteiger partial charge in [0, 0.05) is 38.4 Å². The molecule has 2 fully saturated rings. The lowest BCUT2D eigenvalue weighted by Crippen LogP contribution is -2.46. The van der Waals surface area contributed by atoms with Gasteiger partial charge in [-0.05, 0) is 60.5 Å². The van der Waals surface area contributed by atoms with E-state index in [4.69, 9.17) is 4.74 Å². The number of ether oxygens (including phenoxy) is 1. The summed E-state index contributed by atoms with van der Waals surface area (Å²) in [5.74, 6) is 0.577. The highest BCUT2D eigenvalue weighted by atomic mass is 16.6. The maximum atomic E-state index is 12.9. The van der Waals surface area contributed by atoms with Gasteiger partial charge in [0.15, 0.2) is 0 Å². The molecule has 2 unspecified atom stereocenters. The zero-order valence-electron chi connectivity index (χ0n) is 18.5. The van der Waals surface area contributed by atoms with E-state index >= 15 is 0 Å². The Labute approximate surface area is 185 Å². The van der Waals surface area contributed by atoms with Gasteiger partial charge in [-0.1, -0.05) is 43.3 Å². The Morgan fingerprint density at radius 3 is 2.58 bits per heavy atom. The zero-order chi connectivity index (χ0) is 21.2. The van der Waals surface area contributed by atoms with E-state index in [2.05, 4.69) is 34.9 Å². The van der Waals surface area contributed by atoms with Gasteiger partial charge < -0.3 is 14.5 Å². The molecule has 2 aromatic rings. The van der Waals surface area contributed by atoms with Crippen molar-refractivity contribution in [1.29, 1.82) is 0 Å². The molecule has 0 aromatic heterocycles. The Kier molecular flexibility index (Phi) is 5.86. The van der Waals surface area contributed by atoms with Crippen molar-refractivity contribution in [3.63, 3.8) is 0 Å². The number of carbonyl (C=O) groups is 1. The van der Waals surface area contributed by atoms with Gasteiger partial charge in [-0.2, -0.15) is 0 Å². The number of likely N-dealkylation sites (tertiary alicyclic amines) is 1. The van der Waals surface area contributed by atoms with Crippen LogP contribution in [0, 0.1) is 0 Å². The Bertz CT molecular complexity index is 908. The molecule has 164 valence electrons. The molecule has 3 aliphatic rings. The fraction of sp³-hybridized carbons (Fsp3) is 0.500. The molecule has 5 heteroatoms. The highest BCUT2D eigenvalue weighted by molar-refractivity contribution is 5.70. The Morgan fingerprint density at radius 2 is 1.81 bits per heavy atom. The van der Waals surface area contributed by atoms with Gasteiger partial charge in [-0.15, -0.1) is 0 Å². The fourth-order valence-corrected chi connectivity index (χ4v) is 5.53. The third-order valence-corrected chi connectivity index (χ3v) is 7.19. The summed E-state index contributed by atoms with van der Waals surface area (Å²) >= 11 is 0. The molecule has 2 aliphatic heterocycles. The van der Waals surface area contributed by atoms with Crippen molar-refractivity contribution in [3.05, 3.63) is 65.2 Å². The van der Waals surface area contributed by atoms with E-state index in [1.165, 1.54) is 29.8 Å². The molecular formula is C26H33N3O2. The average Bonchev–Trinajstić information content (AvgIpc) is 3.10. The molecule has 1 amide bonds. The molecule has 5 nitrogen and oxygen atoms in total. The van der Waals surface area contributed by atoms with Gasteiger partial charge in [0.25, 0.3) is 0 Å². The van der Waals surface area contributed by atoms with Crippen LogP contribution in [0.15, 0.2) is 48.5 Å². The van der Waals surface area contributed by atoms with Gasteiger partial charge in [0.1, 0.15) is 6.61 Å². The zero-order valence-corrected chi connectivity index (χ0v) is 18.5. The predicted molar refractivity (Wildman–Crippen MR) is 123 cm³/mol. The number of rotatable bonds is 5. The summed E-state index contributed by atoms with van der Waals surface area (Å²) in [6, 6.07) is 17.1. The molecule has 2 aromatic carbocycles. The van der Waals surface area contributed by atoms with E-state index in [0.29, 0.717) is 12.5 Å². The smallest absolute Gasteiger partial charge is 0.410 e. The third kappa shape index (κ3) is 4.16. The summed E-state index contributed by atoms with van der Waals surface area (Å²) in [6.45, 7) is 8.99. The lowest BCUT2D eigenvalue weighted by Gasteiger charge is -2.36. The number of carbonyl (C=O) groups excluding carboxylic acids is 1. The van der Waals surface area contributed by atoms with Crippen molar-refractivity contribution in [3.8, 4) is 0 Å². The molecule has 31 heavy (non-hydrogen) atoms. The number of nitrogens with zero attached hydrogens (tertiary/aromatic N) is 3. The highest BCUT2D eigenvalue weighted by Crippen LogP contribution is 2.50. The minimum atomic E-state index is -0.182. The minimum Gasteiger partial charge on any atom is -0.445 e. The van der Waals surface area contributed by atoms with Crippen LogP contribution in [0.5, 0.6) is 0 Å². The van der Waals surface area contributed by atoms with E-state index in [0.717, 1.165) is 51.1 Å². The molecule has 2 saturated heterocycles. The summed E-state index contributed by atoms with van der Waals surface area (Å²) < 4.78 is 5.69. The van der Waals surface area contributed by atoms with Crippen molar-refractivity contribution < 1.29 is 9.53 Å². The van der Waals surface area contributed by atoms with Crippen LogP contribution in [-0.4, -0.2) is 55.2 Å². The van der Waals surface area contributed by atoms with E-state index in [9.17, 15) is 4.79 Å². The first-order valence-corrected chi connectivity index (χ1v) is 11.8. The Morgan fingerprint density at radius 1 is 1.00 bits per heavy atom. The Balaban J connectivity index is 1.28. The van der Waals surface area contributed by atoms with E-state index in [-0.39, 0.29) is 12.1 Å². The standard InChI is InChI=1S/C26H33N3O2/c1-2-11-27-13-15-28(16-14-27)22-8-9-23-21-10-12-29(25(17-21)24(23)18-22)26(30)31-19-20-6-4-3-5-7-20/h3-9,18,21,25H,2,10-17,19H2,1H3. The molecule has 2 heterocycles. The monoisotopic (exact) mass is 419 g/mol. The van der Waals surface area contributed by atoms with Crippen LogP contribution >= 0.6 is 0 Å². The summed E-state index contributed by atoms with van der Waals surface area (Å²) in [6.07, 6.45) is 3.10. The summed E-state index contributed by atoms with van der Waals surface area (Å²) in [4.78, 5) is 20.0. The van der Waals surface area contributed by atoms with Gasteiger partial charge >= 0.3 is 6.09 Å². The second-order valence-electron chi connectivity index (χ2n) is 9.11. The number of hydrogen-bond donors (Lipinski definition) is 0. The summed E-state index contributed by atoms with van der Waals surface area (Å²) in [5, 5.41) is 0. The van der Waals surface area contributed by atoms with Crippen molar-refractivity contribution in [1.82, 2.24) is 9.80 Å². The molecule has 2 bridgehead atoms. The molecule has 0 N–H and O–H groups in total. The molecule has 1 aliphatic carbocycles. The van der Waals surface area contributed by atoms with Crippen LogP contribution in [0.3, 0.4) is 0 Å². The van der Waals surface area contributed by atoms with Crippen LogP contribution in [0.25, 0.3) is 0 Å². The lowest BCUT2D eigenvalue weighted by atomic mass is 9.96. The van der Waals surface area contributed by atoms with Crippen molar-refractivity contribution >= 4 is 11.8 Å². The minimum absolute atomic E-state index is 0.151. The number of anilines is 1. The first kappa shape index (κ1) is 20.4. The average molecular weight is 420 g/mol. The summed E-state index contributed by atoms with van der Waals surface area (Å²) in [5.41, 5.74) is 5.12. The molecule has 5 rings (SSSR count). The van der Waals surface area contributed by atoms with E-state index in [1.807, 2.05) is 35.2 Å². The number of benzene rings is 2. The molecular weight excluding hydrogens is 386 g/mol. The largest absolute Gasteiger partial charge is 0.445 e. The van der Waals surface area contributed by atoms with Gasteiger partial charge in [-0.25, -0.2) is 4.79 Å². The van der Waals surface area contributed by atoms with Crippen LogP contribution in [-0.2, 0) is 11.3 Å². The van der Waals surface area contributed by atoms with Gasteiger partial charge in [0.05, 0.1) is 6.04 Å². The first-order chi connectivity index (χ1) is 15.2. The van der Waals surface area contributed by atoms with Crippen LogP contribution in [0.4, 0.5) is 10.5 Å². The van der Waals surface area contributed by atoms with Crippen LogP contribution < -0.4 is 4.90 Å². The number of fused-ring (bicyclic) bond motifs is 5. The number of piperazine rings is 1. The highest BCUT2D eigenvalue weighted by Gasteiger charge is 2.41. The van der Waals surface area contributed by atoms with Crippen LogP contribution in [0.1, 0.15) is 54.8 Å². The number of piperidine rings is 1. The van der Waals surface area contributed by atoms with Crippen molar-refractivity contribution in [2.75, 3.05) is 44.2 Å². The quantitative estimate of drug-likeness (QED) is 0.698. The molecule has 0 radical (unpaired) electrons. The van der Waals surface area contributed by atoms with Crippen LogP contribution in [0.2, 0.25) is 0 Å². The lowest BCUT2D eigenvalue weighted by molar-refractivity contribution is 0.0694. The molecule has 0 spiro atoms. The molecule has 2 atom stereocenters.